The van der Waals surface area contributed by atoms with Gasteiger partial charge in [-0.2, -0.15) is 0 Å². The van der Waals surface area contributed by atoms with E-state index >= 15 is 0 Å². The quantitative estimate of drug-likeness (QED) is 0.633. The zero-order chi connectivity index (χ0) is 22.4. The number of likely N-dealkylation sites (N-methyl/N-ethyl adjacent to an activating group) is 1. The molecule has 2 aromatic carbocycles. The molecule has 0 unspecified atom stereocenters. The zero-order valence-electron chi connectivity index (χ0n) is 17.6. The van der Waals surface area contributed by atoms with Gasteiger partial charge in [0.15, 0.2) is 11.5 Å². The van der Waals surface area contributed by atoms with Crippen molar-refractivity contribution in [2.24, 2.45) is 0 Å². The van der Waals surface area contributed by atoms with Gasteiger partial charge in [0.05, 0.1) is 10.0 Å². The van der Waals surface area contributed by atoms with E-state index in [1.807, 2.05) is 31.2 Å². The molecule has 31 heavy (non-hydrogen) atoms. The Balaban J connectivity index is 1.76. The Hall–Kier alpha value is -2.44. The number of amides is 2. The Morgan fingerprint density at radius 2 is 1.74 bits per heavy atom. The predicted molar refractivity (Wildman–Crippen MR) is 121 cm³/mol. The summed E-state index contributed by atoms with van der Waals surface area (Å²) >= 11 is 12.2. The number of carbonyl (C=O) groups is 2. The summed E-state index contributed by atoms with van der Waals surface area (Å²) in [7, 11) is 1.57. The summed E-state index contributed by atoms with van der Waals surface area (Å²) in [5, 5.41) is 3.51. The number of hydrogen-bond acceptors (Lipinski definition) is 4. The molecule has 1 aliphatic heterocycles. The maximum absolute atomic E-state index is 13.2. The fourth-order valence-electron chi connectivity index (χ4n) is 3.56. The Labute approximate surface area is 192 Å². The Kier molecular flexibility index (Phi) is 8.04. The number of nitrogens with zero attached hydrogens (tertiary/aromatic N) is 1. The van der Waals surface area contributed by atoms with Crippen molar-refractivity contribution < 1.29 is 19.1 Å². The van der Waals surface area contributed by atoms with Gasteiger partial charge in [-0.15, -0.1) is 0 Å². The van der Waals surface area contributed by atoms with E-state index in [2.05, 4.69) is 5.32 Å². The van der Waals surface area contributed by atoms with Gasteiger partial charge in [0, 0.05) is 20.0 Å². The number of rotatable bonds is 8. The molecular formula is C23H26Cl2N2O4. The molecule has 1 atom stereocenters. The molecule has 0 spiro atoms. The van der Waals surface area contributed by atoms with Gasteiger partial charge in [-0.3, -0.25) is 9.59 Å². The first-order chi connectivity index (χ1) is 14.9. The Bertz CT molecular complexity index is 951. The topological polar surface area (TPSA) is 67.9 Å². The zero-order valence-corrected chi connectivity index (χ0v) is 19.1. The molecule has 1 N–H and O–H groups in total. The molecular weight excluding hydrogens is 439 g/mol. The molecule has 0 bridgehead atoms. The summed E-state index contributed by atoms with van der Waals surface area (Å²) in [5.41, 5.74) is 1.78. The van der Waals surface area contributed by atoms with Gasteiger partial charge in [-0.25, -0.2) is 0 Å². The minimum atomic E-state index is -0.577. The highest BCUT2D eigenvalue weighted by Gasteiger charge is 2.28. The lowest BCUT2D eigenvalue weighted by Gasteiger charge is -2.30. The predicted octanol–water partition coefficient (Wildman–Crippen LogP) is 4.25. The minimum absolute atomic E-state index is 0.114. The molecule has 0 aromatic heterocycles. The van der Waals surface area contributed by atoms with E-state index < -0.39 is 6.04 Å². The fourth-order valence-corrected chi connectivity index (χ4v) is 3.88. The van der Waals surface area contributed by atoms with Crippen molar-refractivity contribution >= 4 is 35.0 Å². The molecule has 0 saturated carbocycles. The van der Waals surface area contributed by atoms with Gasteiger partial charge in [0.2, 0.25) is 11.8 Å². The third-order valence-corrected chi connectivity index (χ3v) is 5.94. The molecule has 2 amide bonds. The van der Waals surface area contributed by atoms with Crippen LogP contribution in [0.5, 0.6) is 11.5 Å². The maximum Gasteiger partial charge on any atom is 0.242 e. The van der Waals surface area contributed by atoms with Crippen LogP contribution in [-0.4, -0.2) is 43.0 Å². The summed E-state index contributed by atoms with van der Waals surface area (Å²) in [4.78, 5) is 27.3. The first-order valence-corrected chi connectivity index (χ1v) is 11.0. The van der Waals surface area contributed by atoms with Crippen LogP contribution in [0.3, 0.4) is 0 Å². The summed E-state index contributed by atoms with van der Waals surface area (Å²) in [6.07, 6.45) is 1.28. The van der Waals surface area contributed by atoms with E-state index in [9.17, 15) is 9.59 Å². The summed E-state index contributed by atoms with van der Waals surface area (Å²) in [6.45, 7) is 3.20. The molecule has 0 fully saturated rings. The highest BCUT2D eigenvalue weighted by atomic mass is 35.5. The van der Waals surface area contributed by atoms with Crippen molar-refractivity contribution in [2.75, 3.05) is 20.3 Å². The van der Waals surface area contributed by atoms with Crippen LogP contribution in [0.25, 0.3) is 0 Å². The van der Waals surface area contributed by atoms with Gasteiger partial charge >= 0.3 is 0 Å². The van der Waals surface area contributed by atoms with Crippen molar-refractivity contribution in [3.63, 3.8) is 0 Å². The molecule has 0 aliphatic carbocycles. The molecule has 3 rings (SSSR count). The van der Waals surface area contributed by atoms with E-state index in [0.717, 1.165) is 11.1 Å². The van der Waals surface area contributed by atoms with Crippen LogP contribution in [-0.2, 0) is 22.6 Å². The van der Waals surface area contributed by atoms with E-state index in [-0.39, 0.29) is 24.8 Å². The number of carbonyl (C=O) groups excluding carboxylic acids is 2. The van der Waals surface area contributed by atoms with E-state index in [1.54, 1.807) is 24.1 Å². The average Bonchev–Trinajstić information content (AvgIpc) is 2.79. The largest absolute Gasteiger partial charge is 0.486 e. The van der Waals surface area contributed by atoms with Crippen molar-refractivity contribution in [1.29, 1.82) is 0 Å². The average molecular weight is 465 g/mol. The van der Waals surface area contributed by atoms with Crippen LogP contribution in [0.1, 0.15) is 30.9 Å². The number of halogens is 2. The fraction of sp³-hybridized carbons (Fsp3) is 0.391. The van der Waals surface area contributed by atoms with Crippen LogP contribution in [0, 0.1) is 0 Å². The Morgan fingerprint density at radius 3 is 2.42 bits per heavy atom. The molecule has 0 saturated heterocycles. The monoisotopic (exact) mass is 464 g/mol. The van der Waals surface area contributed by atoms with Crippen molar-refractivity contribution in [3.05, 3.63) is 57.6 Å². The van der Waals surface area contributed by atoms with E-state index in [1.165, 1.54) is 0 Å². The highest BCUT2D eigenvalue weighted by Crippen LogP contribution is 2.31. The standard InChI is InChI=1S/C23H26Cl2N2O4/c1-3-19(23(29)26-2)27(14-16-4-7-17(24)18(25)12-16)22(28)9-6-15-5-8-20-21(13-15)31-11-10-30-20/h4-5,7-8,12-13,19H,3,6,9-11,14H2,1-2H3,(H,26,29)/t19-/m1/s1. The van der Waals surface area contributed by atoms with Gasteiger partial charge in [-0.1, -0.05) is 42.3 Å². The summed E-state index contributed by atoms with van der Waals surface area (Å²) < 4.78 is 11.2. The molecule has 1 aliphatic rings. The molecule has 2 aromatic rings. The van der Waals surface area contributed by atoms with Crippen molar-refractivity contribution in [3.8, 4) is 11.5 Å². The van der Waals surface area contributed by atoms with Crippen molar-refractivity contribution in [1.82, 2.24) is 10.2 Å². The first-order valence-electron chi connectivity index (χ1n) is 10.3. The highest BCUT2D eigenvalue weighted by molar-refractivity contribution is 6.42. The number of fused-ring (bicyclic) bond motifs is 1. The molecule has 166 valence electrons. The minimum Gasteiger partial charge on any atom is -0.486 e. The van der Waals surface area contributed by atoms with Crippen LogP contribution >= 0.6 is 23.2 Å². The number of hydrogen-bond donors (Lipinski definition) is 1. The van der Waals surface area contributed by atoms with Crippen LogP contribution < -0.4 is 14.8 Å². The number of aryl methyl sites for hydroxylation is 1. The second-order valence-electron chi connectivity index (χ2n) is 7.29. The lowest BCUT2D eigenvalue weighted by atomic mass is 10.1. The molecule has 0 radical (unpaired) electrons. The first kappa shape index (κ1) is 23.2. The molecule has 6 nitrogen and oxygen atoms in total. The van der Waals surface area contributed by atoms with Gasteiger partial charge in [0.1, 0.15) is 19.3 Å². The second kappa shape index (κ2) is 10.7. The van der Waals surface area contributed by atoms with E-state index in [0.29, 0.717) is 47.6 Å². The normalized spacial score (nSPS) is 13.4. The van der Waals surface area contributed by atoms with Crippen LogP contribution in [0.4, 0.5) is 0 Å². The summed E-state index contributed by atoms with van der Waals surface area (Å²) in [6, 6.07) is 10.3. The lowest BCUT2D eigenvalue weighted by Crippen LogP contribution is -2.48. The maximum atomic E-state index is 13.2. The third-order valence-electron chi connectivity index (χ3n) is 5.20. The smallest absolute Gasteiger partial charge is 0.242 e. The van der Waals surface area contributed by atoms with Crippen LogP contribution in [0.15, 0.2) is 36.4 Å². The van der Waals surface area contributed by atoms with E-state index in [4.69, 9.17) is 32.7 Å². The number of benzene rings is 2. The molecule has 1 heterocycles. The number of nitrogens with one attached hydrogen (secondary N) is 1. The number of ether oxygens (including phenoxy) is 2. The summed E-state index contributed by atoms with van der Waals surface area (Å²) in [5.74, 6) is 1.10. The van der Waals surface area contributed by atoms with Crippen LogP contribution in [0.2, 0.25) is 10.0 Å². The Morgan fingerprint density at radius 1 is 1.03 bits per heavy atom. The van der Waals surface area contributed by atoms with Gasteiger partial charge < -0.3 is 19.7 Å². The van der Waals surface area contributed by atoms with Gasteiger partial charge in [0.25, 0.3) is 0 Å². The molecule has 8 heteroatoms. The SMILES string of the molecule is CC[C@H](C(=O)NC)N(Cc1ccc(Cl)c(Cl)c1)C(=O)CCc1ccc2c(c1)OCCO2. The van der Waals surface area contributed by atoms with Gasteiger partial charge in [-0.05, 0) is 48.2 Å². The van der Waals surface area contributed by atoms with Crippen molar-refractivity contribution in [2.45, 2.75) is 38.8 Å². The third kappa shape index (κ3) is 5.83. The lowest BCUT2D eigenvalue weighted by molar-refractivity contribution is -0.141. The second-order valence-corrected chi connectivity index (χ2v) is 8.10.